The van der Waals surface area contributed by atoms with Crippen LogP contribution in [0.2, 0.25) is 0 Å². The maximum absolute atomic E-state index is 12.7. The predicted molar refractivity (Wildman–Crippen MR) is 126 cm³/mol. The number of hydrogen-bond acceptors (Lipinski definition) is 6. The highest BCUT2D eigenvalue weighted by Crippen LogP contribution is 2.32. The van der Waals surface area contributed by atoms with Crippen molar-refractivity contribution in [2.24, 2.45) is 0 Å². The summed E-state index contributed by atoms with van der Waals surface area (Å²) in [5.74, 6) is 0.502. The summed E-state index contributed by atoms with van der Waals surface area (Å²) in [6, 6.07) is 14.2. The van der Waals surface area contributed by atoms with Gasteiger partial charge in [0.2, 0.25) is 5.91 Å². The van der Waals surface area contributed by atoms with Crippen LogP contribution in [0, 0.1) is 0 Å². The van der Waals surface area contributed by atoms with E-state index in [4.69, 9.17) is 9.47 Å². The lowest BCUT2D eigenvalue weighted by Crippen LogP contribution is -2.36. The minimum Gasteiger partial charge on any atom is -0.494 e. The quantitative estimate of drug-likeness (QED) is 0.541. The molecule has 1 N–H and O–H groups in total. The summed E-state index contributed by atoms with van der Waals surface area (Å²) < 4.78 is 11.1. The molecule has 0 aliphatic carbocycles. The van der Waals surface area contributed by atoms with E-state index < -0.39 is 17.1 Å². The SMILES string of the molecule is CCOc1ccc(NC(=O)CN2C(=O)S/C(=C/c3ccc(O[C@H](C)CC)cc3)C2=O)cc1. The topological polar surface area (TPSA) is 84.9 Å². The number of imide groups is 1. The summed E-state index contributed by atoms with van der Waals surface area (Å²) in [5.41, 5.74) is 1.33. The van der Waals surface area contributed by atoms with Crippen LogP contribution in [-0.4, -0.2) is 41.2 Å². The molecule has 8 heteroatoms. The Hall–Kier alpha value is -3.26. The third-order valence-corrected chi connectivity index (χ3v) is 5.62. The van der Waals surface area contributed by atoms with E-state index in [-0.39, 0.29) is 17.6 Å². The van der Waals surface area contributed by atoms with Crippen LogP contribution in [0.3, 0.4) is 0 Å². The minimum atomic E-state index is -0.484. The van der Waals surface area contributed by atoms with Crippen LogP contribution in [0.15, 0.2) is 53.4 Å². The van der Waals surface area contributed by atoms with Gasteiger partial charge >= 0.3 is 0 Å². The van der Waals surface area contributed by atoms with E-state index >= 15 is 0 Å². The Morgan fingerprint density at radius 1 is 1.06 bits per heavy atom. The van der Waals surface area contributed by atoms with E-state index in [1.54, 1.807) is 30.3 Å². The number of thioether (sulfide) groups is 1. The van der Waals surface area contributed by atoms with Crippen molar-refractivity contribution in [3.63, 3.8) is 0 Å². The zero-order valence-corrected chi connectivity index (χ0v) is 19.1. The van der Waals surface area contributed by atoms with Gasteiger partial charge in [-0.3, -0.25) is 19.3 Å². The van der Waals surface area contributed by atoms with Crippen LogP contribution < -0.4 is 14.8 Å². The zero-order valence-electron chi connectivity index (χ0n) is 18.3. The van der Waals surface area contributed by atoms with E-state index in [0.29, 0.717) is 18.0 Å². The average molecular weight is 455 g/mol. The van der Waals surface area contributed by atoms with Crippen LogP contribution in [0.5, 0.6) is 11.5 Å². The Labute approximate surface area is 191 Å². The number of ether oxygens (including phenoxy) is 2. The molecule has 1 aliphatic rings. The average Bonchev–Trinajstić information content (AvgIpc) is 3.04. The number of benzene rings is 2. The summed E-state index contributed by atoms with van der Waals surface area (Å²) in [6.07, 6.45) is 2.66. The first-order valence-corrected chi connectivity index (χ1v) is 11.3. The molecule has 0 saturated carbocycles. The molecule has 1 aliphatic heterocycles. The molecular formula is C24H26N2O5S. The van der Waals surface area contributed by atoms with E-state index in [1.165, 1.54) is 0 Å². The smallest absolute Gasteiger partial charge is 0.294 e. The van der Waals surface area contributed by atoms with Gasteiger partial charge in [0, 0.05) is 5.69 Å². The number of rotatable bonds is 9. The number of carbonyl (C=O) groups excluding carboxylic acids is 3. The predicted octanol–water partition coefficient (Wildman–Crippen LogP) is 4.94. The maximum Gasteiger partial charge on any atom is 0.294 e. The molecule has 3 amide bonds. The summed E-state index contributed by atoms with van der Waals surface area (Å²) in [6.45, 7) is 6.13. The standard InChI is InChI=1S/C24H26N2O5S/c1-4-16(3)31-20-10-6-17(7-11-20)14-21-23(28)26(24(29)32-21)15-22(27)25-18-8-12-19(13-9-18)30-5-2/h6-14,16H,4-5,15H2,1-3H3,(H,25,27)/b21-14+/t16-/m1/s1. The Bertz CT molecular complexity index is 1000. The zero-order chi connectivity index (χ0) is 23.1. The van der Waals surface area contributed by atoms with Gasteiger partial charge in [-0.2, -0.15) is 0 Å². The Balaban J connectivity index is 1.60. The molecule has 3 rings (SSSR count). The highest BCUT2D eigenvalue weighted by Gasteiger charge is 2.36. The molecule has 0 bridgehead atoms. The van der Waals surface area contributed by atoms with Crippen LogP contribution in [0.4, 0.5) is 10.5 Å². The van der Waals surface area contributed by atoms with Crippen molar-refractivity contribution in [2.75, 3.05) is 18.5 Å². The van der Waals surface area contributed by atoms with Gasteiger partial charge < -0.3 is 14.8 Å². The van der Waals surface area contributed by atoms with E-state index in [9.17, 15) is 14.4 Å². The Kier molecular flexibility index (Phi) is 7.94. The lowest BCUT2D eigenvalue weighted by molar-refractivity contribution is -0.127. The van der Waals surface area contributed by atoms with Gasteiger partial charge in [0.25, 0.3) is 11.1 Å². The number of nitrogens with one attached hydrogen (secondary N) is 1. The second-order valence-corrected chi connectivity index (χ2v) is 8.17. The molecule has 1 heterocycles. The molecule has 1 fully saturated rings. The van der Waals surface area contributed by atoms with Gasteiger partial charge in [0.15, 0.2) is 0 Å². The largest absolute Gasteiger partial charge is 0.494 e. The van der Waals surface area contributed by atoms with Crippen molar-refractivity contribution in [3.05, 3.63) is 59.0 Å². The molecule has 0 aromatic heterocycles. The fourth-order valence-corrected chi connectivity index (χ4v) is 3.73. The number of anilines is 1. The monoisotopic (exact) mass is 454 g/mol. The Morgan fingerprint density at radius 2 is 1.72 bits per heavy atom. The van der Waals surface area contributed by atoms with Crippen molar-refractivity contribution in [3.8, 4) is 11.5 Å². The molecule has 32 heavy (non-hydrogen) atoms. The van der Waals surface area contributed by atoms with Gasteiger partial charge in [-0.1, -0.05) is 19.1 Å². The van der Waals surface area contributed by atoms with Crippen molar-refractivity contribution in [1.29, 1.82) is 0 Å². The fraction of sp³-hybridized carbons (Fsp3) is 0.292. The normalized spacial score (nSPS) is 15.7. The molecule has 1 saturated heterocycles. The fourth-order valence-electron chi connectivity index (χ4n) is 2.89. The van der Waals surface area contributed by atoms with E-state index in [0.717, 1.165) is 34.4 Å². The van der Waals surface area contributed by atoms with Crippen molar-refractivity contribution >= 4 is 40.6 Å². The molecule has 0 spiro atoms. The summed E-state index contributed by atoms with van der Waals surface area (Å²) in [7, 11) is 0. The second kappa shape index (κ2) is 10.9. The van der Waals surface area contributed by atoms with Crippen LogP contribution in [0.1, 0.15) is 32.8 Å². The Morgan fingerprint density at radius 3 is 2.34 bits per heavy atom. The van der Waals surface area contributed by atoms with Gasteiger partial charge in [-0.25, -0.2) is 0 Å². The highest BCUT2D eigenvalue weighted by molar-refractivity contribution is 8.18. The lowest BCUT2D eigenvalue weighted by atomic mass is 10.2. The van der Waals surface area contributed by atoms with Gasteiger partial charge in [0.1, 0.15) is 18.0 Å². The highest BCUT2D eigenvalue weighted by atomic mass is 32.2. The maximum atomic E-state index is 12.7. The molecule has 168 valence electrons. The van der Waals surface area contributed by atoms with Crippen LogP contribution in [-0.2, 0) is 9.59 Å². The summed E-state index contributed by atoms with van der Waals surface area (Å²) in [5, 5.41) is 2.21. The van der Waals surface area contributed by atoms with Gasteiger partial charge in [-0.05, 0) is 80.1 Å². The molecular weight excluding hydrogens is 428 g/mol. The molecule has 7 nitrogen and oxygen atoms in total. The first kappa shape index (κ1) is 23.4. The molecule has 0 radical (unpaired) electrons. The molecule has 1 atom stereocenters. The van der Waals surface area contributed by atoms with Crippen LogP contribution >= 0.6 is 11.8 Å². The third-order valence-electron chi connectivity index (χ3n) is 4.71. The second-order valence-electron chi connectivity index (χ2n) is 7.18. The van der Waals surface area contributed by atoms with E-state index in [1.807, 2.05) is 45.0 Å². The number of amides is 3. The molecule has 2 aromatic rings. The number of hydrogen-bond donors (Lipinski definition) is 1. The summed E-state index contributed by atoms with van der Waals surface area (Å²) >= 11 is 0.822. The van der Waals surface area contributed by atoms with Crippen molar-refractivity contribution in [2.45, 2.75) is 33.3 Å². The van der Waals surface area contributed by atoms with Gasteiger partial charge in [-0.15, -0.1) is 0 Å². The number of carbonyl (C=O) groups is 3. The first-order chi connectivity index (χ1) is 15.4. The van der Waals surface area contributed by atoms with Crippen molar-refractivity contribution in [1.82, 2.24) is 4.90 Å². The van der Waals surface area contributed by atoms with Gasteiger partial charge in [0.05, 0.1) is 17.6 Å². The first-order valence-electron chi connectivity index (χ1n) is 10.4. The van der Waals surface area contributed by atoms with Crippen molar-refractivity contribution < 1.29 is 23.9 Å². The molecule has 0 unspecified atom stereocenters. The van der Waals surface area contributed by atoms with E-state index in [2.05, 4.69) is 5.32 Å². The third kappa shape index (κ3) is 6.13. The molecule has 2 aromatic carbocycles. The number of nitrogens with zero attached hydrogens (tertiary/aromatic N) is 1. The minimum absolute atomic E-state index is 0.117. The summed E-state index contributed by atoms with van der Waals surface area (Å²) in [4.78, 5) is 38.6. The lowest BCUT2D eigenvalue weighted by Gasteiger charge is -2.13. The van der Waals surface area contributed by atoms with Crippen LogP contribution in [0.25, 0.3) is 6.08 Å².